The number of hydrogen-bond donors (Lipinski definition) is 1. The molecule has 4 unspecified atom stereocenters. The van der Waals surface area contributed by atoms with E-state index < -0.39 is 0 Å². The van der Waals surface area contributed by atoms with Crippen LogP contribution in [0.1, 0.15) is 31.1 Å². The Hall–Kier alpha value is -1.06. The van der Waals surface area contributed by atoms with Crippen molar-refractivity contribution in [3.05, 3.63) is 5.89 Å². The summed E-state index contributed by atoms with van der Waals surface area (Å²) in [5, 5.41) is 7.75. The molecular weight excluding hydrogens is 178 g/mol. The zero-order valence-electron chi connectivity index (χ0n) is 7.89. The van der Waals surface area contributed by atoms with Crippen LogP contribution in [0.15, 0.2) is 4.42 Å². The van der Waals surface area contributed by atoms with Crippen molar-refractivity contribution in [3.8, 4) is 0 Å². The van der Waals surface area contributed by atoms with Crippen LogP contribution in [0.4, 0.5) is 6.01 Å². The number of rotatable bonds is 1. The van der Waals surface area contributed by atoms with Gasteiger partial charge in [0.25, 0.3) is 0 Å². The van der Waals surface area contributed by atoms with Crippen LogP contribution in [0.2, 0.25) is 0 Å². The third-order valence-electron chi connectivity index (χ3n) is 4.48. The molecule has 0 aromatic carbocycles. The van der Waals surface area contributed by atoms with Crippen LogP contribution in [0.25, 0.3) is 0 Å². The van der Waals surface area contributed by atoms with E-state index in [0.29, 0.717) is 5.92 Å². The third-order valence-corrected chi connectivity index (χ3v) is 4.48. The molecule has 2 N–H and O–H groups in total. The second-order valence-electron chi connectivity index (χ2n) is 4.99. The lowest BCUT2D eigenvalue weighted by Gasteiger charge is -2.04. The fraction of sp³-hybridized carbons (Fsp3) is 0.800. The molecule has 1 aromatic rings. The van der Waals surface area contributed by atoms with Crippen LogP contribution in [-0.2, 0) is 0 Å². The Kier molecular flexibility index (Phi) is 1.10. The molecular formula is C10H13N3O. The number of nitrogen functional groups attached to an aromatic ring is 1. The summed E-state index contributed by atoms with van der Waals surface area (Å²) in [6.07, 6.45) is 4.30. The van der Waals surface area contributed by atoms with Gasteiger partial charge in [0, 0.05) is 5.92 Å². The van der Waals surface area contributed by atoms with Crippen molar-refractivity contribution in [1.29, 1.82) is 0 Å². The average molecular weight is 191 g/mol. The first-order valence-electron chi connectivity index (χ1n) is 5.43. The van der Waals surface area contributed by atoms with Gasteiger partial charge in [-0.2, -0.15) is 0 Å². The highest BCUT2D eigenvalue weighted by Gasteiger charge is 2.67. The quantitative estimate of drug-likeness (QED) is 0.728. The van der Waals surface area contributed by atoms with E-state index in [4.69, 9.17) is 10.2 Å². The number of anilines is 1. The van der Waals surface area contributed by atoms with Crippen LogP contribution >= 0.6 is 0 Å². The molecule has 0 radical (unpaired) electrons. The van der Waals surface area contributed by atoms with Crippen molar-refractivity contribution in [3.63, 3.8) is 0 Å². The first-order valence-corrected chi connectivity index (χ1v) is 5.43. The molecule has 3 saturated carbocycles. The molecule has 0 aliphatic heterocycles. The number of aromatic nitrogens is 2. The Balaban J connectivity index is 1.66. The van der Waals surface area contributed by atoms with Gasteiger partial charge in [0.1, 0.15) is 0 Å². The van der Waals surface area contributed by atoms with Crippen LogP contribution in [-0.4, -0.2) is 10.2 Å². The molecule has 3 fully saturated rings. The first-order chi connectivity index (χ1) is 6.84. The molecule has 4 atom stereocenters. The van der Waals surface area contributed by atoms with Gasteiger partial charge >= 0.3 is 6.01 Å². The second-order valence-corrected chi connectivity index (χ2v) is 4.99. The number of nitrogens with two attached hydrogens (primary N) is 1. The summed E-state index contributed by atoms with van der Waals surface area (Å²) in [6, 6.07) is 0.220. The molecule has 2 bridgehead atoms. The molecule has 3 aliphatic carbocycles. The maximum atomic E-state index is 5.44. The van der Waals surface area contributed by atoms with Gasteiger partial charge in [-0.25, -0.2) is 0 Å². The van der Waals surface area contributed by atoms with Crippen molar-refractivity contribution in [2.24, 2.45) is 23.7 Å². The first kappa shape index (κ1) is 7.26. The summed E-state index contributed by atoms with van der Waals surface area (Å²) in [6.45, 7) is 0. The van der Waals surface area contributed by atoms with E-state index >= 15 is 0 Å². The number of fused-ring (bicyclic) bond motifs is 5. The number of nitrogens with zero attached hydrogens (tertiary/aromatic N) is 2. The fourth-order valence-electron chi connectivity index (χ4n) is 4.04. The maximum absolute atomic E-state index is 5.44. The van der Waals surface area contributed by atoms with Crippen LogP contribution in [0.5, 0.6) is 0 Å². The minimum absolute atomic E-state index is 0.220. The predicted octanol–water partition coefficient (Wildman–Crippen LogP) is 1.41. The van der Waals surface area contributed by atoms with E-state index in [-0.39, 0.29) is 6.01 Å². The Morgan fingerprint density at radius 3 is 2.43 bits per heavy atom. The van der Waals surface area contributed by atoms with E-state index in [2.05, 4.69) is 10.2 Å². The standard InChI is InChI=1S/C10H13N3O/c11-10-13-12-9(14-10)8-6-4-1-2-5(3-4)7(6)8/h4-8H,1-3H2,(H2,11,13). The van der Waals surface area contributed by atoms with Crippen LogP contribution in [0, 0.1) is 23.7 Å². The van der Waals surface area contributed by atoms with Crippen LogP contribution in [0.3, 0.4) is 0 Å². The van der Waals surface area contributed by atoms with Crippen molar-refractivity contribution >= 4 is 6.01 Å². The highest BCUT2D eigenvalue weighted by atomic mass is 16.4. The second kappa shape index (κ2) is 2.12. The molecule has 3 aliphatic rings. The van der Waals surface area contributed by atoms with E-state index in [9.17, 15) is 0 Å². The van der Waals surface area contributed by atoms with Gasteiger partial charge in [-0.15, -0.1) is 5.10 Å². The average Bonchev–Trinajstić information content (AvgIpc) is 2.58. The van der Waals surface area contributed by atoms with Gasteiger partial charge in [0.05, 0.1) is 0 Å². The van der Waals surface area contributed by atoms with E-state index in [0.717, 1.165) is 29.6 Å². The van der Waals surface area contributed by atoms with Crippen molar-refractivity contribution < 1.29 is 4.42 Å². The van der Waals surface area contributed by atoms with Crippen LogP contribution < -0.4 is 5.73 Å². The molecule has 4 rings (SSSR count). The lowest BCUT2D eigenvalue weighted by molar-refractivity contribution is 0.439. The Bertz CT molecular complexity index is 372. The Morgan fingerprint density at radius 2 is 1.86 bits per heavy atom. The molecule has 74 valence electrons. The SMILES string of the molecule is Nc1nnc(C2C3C4CCC(C4)C23)o1. The van der Waals surface area contributed by atoms with Gasteiger partial charge in [-0.05, 0) is 42.9 Å². The normalized spacial score (nSPS) is 48.1. The maximum Gasteiger partial charge on any atom is 0.312 e. The largest absolute Gasteiger partial charge is 0.408 e. The molecule has 0 amide bonds. The molecule has 4 nitrogen and oxygen atoms in total. The highest BCUT2D eigenvalue weighted by Crippen LogP contribution is 2.72. The molecule has 1 aromatic heterocycles. The minimum atomic E-state index is 0.220. The zero-order chi connectivity index (χ0) is 9.28. The summed E-state index contributed by atoms with van der Waals surface area (Å²) in [5.41, 5.74) is 5.44. The van der Waals surface area contributed by atoms with Crippen molar-refractivity contribution in [2.75, 3.05) is 5.73 Å². The number of hydrogen-bond acceptors (Lipinski definition) is 4. The lowest BCUT2D eigenvalue weighted by Crippen LogP contribution is -1.97. The summed E-state index contributed by atoms with van der Waals surface area (Å²) >= 11 is 0. The molecule has 1 heterocycles. The van der Waals surface area contributed by atoms with Gasteiger partial charge in [-0.1, -0.05) is 5.10 Å². The monoisotopic (exact) mass is 191 g/mol. The molecule has 4 heteroatoms. The van der Waals surface area contributed by atoms with Gasteiger partial charge in [-0.3, -0.25) is 0 Å². The summed E-state index contributed by atoms with van der Waals surface area (Å²) in [7, 11) is 0. The Morgan fingerprint density at radius 1 is 1.14 bits per heavy atom. The van der Waals surface area contributed by atoms with Gasteiger partial charge < -0.3 is 10.2 Å². The third kappa shape index (κ3) is 0.713. The van der Waals surface area contributed by atoms with Crippen molar-refractivity contribution in [1.82, 2.24) is 10.2 Å². The van der Waals surface area contributed by atoms with E-state index in [1.807, 2.05) is 0 Å². The van der Waals surface area contributed by atoms with Gasteiger partial charge in [0.2, 0.25) is 5.89 Å². The molecule has 14 heavy (non-hydrogen) atoms. The molecule has 0 spiro atoms. The predicted molar refractivity (Wildman–Crippen MR) is 49.3 cm³/mol. The fourth-order valence-corrected chi connectivity index (χ4v) is 4.04. The minimum Gasteiger partial charge on any atom is -0.408 e. The van der Waals surface area contributed by atoms with E-state index in [1.54, 1.807) is 0 Å². The van der Waals surface area contributed by atoms with E-state index in [1.165, 1.54) is 19.3 Å². The Labute approximate surface area is 81.9 Å². The summed E-state index contributed by atoms with van der Waals surface area (Å²) in [5.74, 6) is 4.97. The van der Waals surface area contributed by atoms with Gasteiger partial charge in [0.15, 0.2) is 0 Å². The zero-order valence-corrected chi connectivity index (χ0v) is 7.89. The lowest BCUT2D eigenvalue weighted by atomic mass is 10.0. The van der Waals surface area contributed by atoms with Crippen molar-refractivity contribution in [2.45, 2.75) is 25.2 Å². The smallest absolute Gasteiger partial charge is 0.312 e. The topological polar surface area (TPSA) is 64.9 Å². The highest BCUT2D eigenvalue weighted by molar-refractivity contribution is 5.23. The molecule has 0 saturated heterocycles. The summed E-state index contributed by atoms with van der Waals surface area (Å²) < 4.78 is 5.32. The summed E-state index contributed by atoms with van der Waals surface area (Å²) in [4.78, 5) is 0.